The van der Waals surface area contributed by atoms with Crippen molar-refractivity contribution in [3.8, 4) is 0 Å². The van der Waals surface area contributed by atoms with E-state index in [0.29, 0.717) is 0 Å². The van der Waals surface area contributed by atoms with Gasteiger partial charge in [-0.3, -0.25) is 4.79 Å². The summed E-state index contributed by atoms with van der Waals surface area (Å²) >= 11 is 0. The van der Waals surface area contributed by atoms with Crippen molar-refractivity contribution in [2.75, 3.05) is 55.4 Å². The number of aryl methyl sites for hydroxylation is 1. The van der Waals surface area contributed by atoms with E-state index in [4.69, 9.17) is 57.8 Å². The van der Waals surface area contributed by atoms with E-state index in [0.717, 1.165) is 49.1 Å². The van der Waals surface area contributed by atoms with E-state index in [1.54, 1.807) is 20.8 Å². The van der Waals surface area contributed by atoms with Crippen LogP contribution >= 0.6 is 0 Å². The quantitative estimate of drug-likeness (QED) is 0.126. The van der Waals surface area contributed by atoms with Crippen LogP contribution in [0.4, 0.5) is 0 Å². The van der Waals surface area contributed by atoms with Crippen LogP contribution in [0.2, 0.25) is 0 Å². The van der Waals surface area contributed by atoms with Gasteiger partial charge in [0.25, 0.3) is 0 Å². The van der Waals surface area contributed by atoms with Gasteiger partial charge in [-0.2, -0.15) is 0 Å². The van der Waals surface area contributed by atoms with Crippen molar-refractivity contribution in [3.63, 3.8) is 0 Å². The number of carbonyl (C=O) groups excluding carboxylic acids is 12. The highest BCUT2D eigenvalue weighted by molar-refractivity contribution is 5.73. The Morgan fingerprint density at radius 1 is 0.368 bits per heavy atom. The number of carbonyl (C=O) groups is 12. The molecule has 1 aromatic carbocycles. The zero-order valence-corrected chi connectivity index (χ0v) is 62.7. The molecular formula is C62H164N12O13. The Balaban J connectivity index is -0.0000000152. The van der Waals surface area contributed by atoms with Crippen molar-refractivity contribution >= 4 is 80.6 Å². The molecule has 1 fully saturated rings. The number of piperidine rings is 1. The van der Waals surface area contributed by atoms with E-state index in [-0.39, 0.29) is 42.8 Å². The Hall–Kier alpha value is -5.42. The van der Waals surface area contributed by atoms with Gasteiger partial charge in [-0.15, -0.1) is 0 Å². The molecule has 0 radical (unpaired) electrons. The zero-order chi connectivity index (χ0) is 73.5. The third-order valence-electron chi connectivity index (χ3n) is 7.13. The molecule has 28 N–H and O–H groups in total. The molecule has 0 aliphatic carbocycles. The predicted molar refractivity (Wildman–Crippen MR) is 390 cm³/mol. The number of nitrogens with two attached hydrogens (primary N) is 6. The number of nitrogens with zero attached hydrogens (tertiary/aromatic N) is 1. The number of benzene rings is 1. The molecule has 1 heterocycles. The lowest BCUT2D eigenvalue weighted by atomic mass is 10.1. The van der Waals surface area contributed by atoms with Crippen molar-refractivity contribution in [1.82, 2.24) is 35.7 Å². The molecule has 0 bridgehead atoms. The molecule has 0 unspecified atom stereocenters. The summed E-state index contributed by atoms with van der Waals surface area (Å²) in [5.41, 5.74) is 28.4. The Bertz CT molecular complexity index is 787. The Labute approximate surface area is 541 Å². The maximum absolute atomic E-state index is 10.7. The molecule has 25 nitrogen and oxygen atoms in total. The van der Waals surface area contributed by atoms with Crippen molar-refractivity contribution in [3.05, 3.63) is 35.9 Å². The average Bonchev–Trinajstić information content (AvgIpc) is 3.58. The van der Waals surface area contributed by atoms with Crippen LogP contribution in [0.5, 0.6) is 0 Å². The van der Waals surface area contributed by atoms with Crippen LogP contribution in [0.15, 0.2) is 30.3 Å². The van der Waals surface area contributed by atoms with Gasteiger partial charge in [0, 0.05) is 26.1 Å². The summed E-state index contributed by atoms with van der Waals surface area (Å²) < 4.78 is 0. The summed E-state index contributed by atoms with van der Waals surface area (Å²) in [7, 11) is 9.00. The summed E-state index contributed by atoms with van der Waals surface area (Å²) in [6.45, 7) is 68.4. The molecule has 1 saturated heterocycles. The highest BCUT2D eigenvalue weighted by Crippen LogP contribution is 2.07. The average molecular weight is 1290 g/mol. The monoisotopic (exact) mass is 1290 g/mol. The van der Waals surface area contributed by atoms with Crippen LogP contribution in [0.3, 0.4) is 0 Å². The van der Waals surface area contributed by atoms with Crippen LogP contribution in [0, 0.1) is 29.6 Å². The maximum atomic E-state index is 10.7. The van der Waals surface area contributed by atoms with Gasteiger partial charge in [0.1, 0.15) is 74.7 Å². The lowest BCUT2D eigenvalue weighted by Gasteiger charge is -2.24. The molecule has 25 heteroatoms. The summed E-state index contributed by atoms with van der Waals surface area (Å²) in [4.78, 5) is 101. The molecule has 1 aromatic rings. The Kier molecular flexibility index (Phi) is 796. The van der Waals surface area contributed by atoms with E-state index in [2.05, 4.69) is 169 Å². The molecule has 0 spiro atoms. The number of likely N-dealkylation sites (tertiary alicyclic amines) is 1. The summed E-state index contributed by atoms with van der Waals surface area (Å²) in [5, 5.41) is 8.06. The number of hydrogen-bond acceptors (Lipinski definition) is 24. The molecule has 2 rings (SSSR count). The molecule has 1 amide bonds. The van der Waals surface area contributed by atoms with Crippen LogP contribution in [-0.4, -0.2) is 152 Å². The van der Waals surface area contributed by atoms with Gasteiger partial charge in [-0.25, -0.2) is 0 Å². The number of amides is 1. The topological polar surface area (TPSA) is 559 Å². The lowest BCUT2D eigenvalue weighted by molar-refractivity contribution is -0.129. The molecule has 87 heavy (non-hydrogen) atoms. The fourth-order valence-electron chi connectivity index (χ4n) is 1.92. The summed E-state index contributed by atoms with van der Waals surface area (Å²) in [5.74, 6) is 4.65. The minimum atomic E-state index is -0.167. The van der Waals surface area contributed by atoms with Crippen molar-refractivity contribution < 1.29 is 62.6 Å². The standard InChI is InChI=1S/C8H10.C7H13NO.5C5H12.C3H8O.C2H6.6CH5N.11CH2O.5H3N/c1-2-8-6-4-3-5-7-8;1-7(9)8-5-3-2-4-6-8;5*1-4-5(2)3;1-3(2)4;18*1-2;;;;;/h3-7H,2H2,1H3;2-6H2,1H3;5*5H,4H2,1-3H3;3-4H,1-2H3;1-2H3;6*2H2,1H3;11*1H2;5*1H3. The molecule has 0 atom stereocenters. The van der Waals surface area contributed by atoms with E-state index >= 15 is 0 Å². The first-order valence-electron chi connectivity index (χ1n) is 26.9. The highest BCUT2D eigenvalue weighted by Gasteiger charge is 2.11. The normalized spacial score (nSPS) is 7.06. The first-order chi connectivity index (χ1) is 39.3. The van der Waals surface area contributed by atoms with Gasteiger partial charge in [-0.1, -0.05) is 187 Å². The smallest absolute Gasteiger partial charge is 0.219 e. The number of hydrogen-bond donors (Lipinski definition) is 12. The van der Waals surface area contributed by atoms with Crippen molar-refractivity contribution in [2.24, 2.45) is 64.0 Å². The van der Waals surface area contributed by atoms with Gasteiger partial charge >= 0.3 is 0 Å². The fourth-order valence-corrected chi connectivity index (χ4v) is 1.92. The van der Waals surface area contributed by atoms with Crippen LogP contribution in [0.1, 0.15) is 202 Å². The van der Waals surface area contributed by atoms with Crippen molar-refractivity contribution in [2.45, 2.75) is 209 Å². The minimum absolute atomic E-state index is 0. The highest BCUT2D eigenvalue weighted by atomic mass is 16.3. The first-order valence-corrected chi connectivity index (χ1v) is 26.9. The van der Waals surface area contributed by atoms with Crippen molar-refractivity contribution in [1.29, 1.82) is 0 Å². The van der Waals surface area contributed by atoms with E-state index in [9.17, 15) is 4.79 Å². The van der Waals surface area contributed by atoms with Crippen LogP contribution < -0.4 is 65.2 Å². The van der Waals surface area contributed by atoms with Gasteiger partial charge in [0.2, 0.25) is 5.91 Å². The summed E-state index contributed by atoms with van der Waals surface area (Å²) in [6, 6.07) is 10.5. The molecule has 0 saturated carbocycles. The Morgan fingerprint density at radius 2 is 0.494 bits per heavy atom. The van der Waals surface area contributed by atoms with Gasteiger partial charge in [-0.05, 0) is 117 Å². The number of aliphatic hydroxyl groups excluding tert-OH is 1. The fraction of sp³-hybridized carbons (Fsp3) is 0.710. The zero-order valence-electron chi connectivity index (χ0n) is 62.7. The van der Waals surface area contributed by atoms with Gasteiger partial charge in [0.15, 0.2) is 0 Å². The summed E-state index contributed by atoms with van der Waals surface area (Å²) in [6.07, 6.45) is 11.2. The largest absolute Gasteiger partial charge is 0.394 e. The lowest BCUT2D eigenvalue weighted by Crippen LogP contribution is -2.33. The third-order valence-corrected chi connectivity index (χ3v) is 7.13. The van der Waals surface area contributed by atoms with Gasteiger partial charge in [0.05, 0.1) is 0 Å². The van der Waals surface area contributed by atoms with Crippen LogP contribution in [-0.2, 0) is 64.0 Å². The number of aliphatic hydroxyl groups is 1. The minimum Gasteiger partial charge on any atom is -0.394 e. The maximum Gasteiger partial charge on any atom is 0.219 e. The third kappa shape index (κ3) is 704. The molecule has 550 valence electrons. The number of rotatable bonds is 6. The molecule has 1 aliphatic rings. The first kappa shape index (κ1) is 192. The van der Waals surface area contributed by atoms with E-state index in [1.165, 1.54) is 99.2 Å². The SMILES string of the molecule is C=O.C=O.C=O.C=O.C=O.C=O.C=O.C=O.C=O.C=O.C=O.CC.CC(=O)N1CCCCC1.CC(C)O.CCC(C)C.CCC(C)C.CCC(C)C.CCC(C)C.CCC(C)C.CCc1ccccc1.CN.CN.CN.CN.CN.CN.N.N.N.N.N. The Morgan fingerprint density at radius 3 is 0.563 bits per heavy atom. The molecular weight excluding hydrogens is 1120 g/mol. The molecule has 0 aromatic heterocycles. The van der Waals surface area contributed by atoms with Gasteiger partial charge < -0.3 is 128 Å². The van der Waals surface area contributed by atoms with Crippen LogP contribution in [0.25, 0.3) is 0 Å². The second kappa shape index (κ2) is 361. The molecule has 1 aliphatic heterocycles. The van der Waals surface area contributed by atoms with E-state index < -0.39 is 0 Å². The second-order valence-corrected chi connectivity index (χ2v) is 14.5. The predicted octanol–water partition coefficient (Wildman–Crippen LogP) is 11.2. The van der Waals surface area contributed by atoms with E-state index in [1.807, 2.05) is 99.5 Å². The second-order valence-electron chi connectivity index (χ2n) is 14.5.